The first-order valence-corrected chi connectivity index (χ1v) is 4.66. The van der Waals surface area contributed by atoms with Crippen LogP contribution in [0.4, 0.5) is 0 Å². The van der Waals surface area contributed by atoms with Gasteiger partial charge < -0.3 is 11.5 Å². The summed E-state index contributed by atoms with van der Waals surface area (Å²) in [6.07, 6.45) is 4.49. The number of amides is 1. The molecule has 0 bridgehead atoms. The lowest BCUT2D eigenvalue weighted by molar-refractivity contribution is -0.129. The van der Waals surface area contributed by atoms with Crippen LogP contribution in [-0.2, 0) is 4.79 Å². The smallest absolute Gasteiger partial charge is 0.223 e. The lowest BCUT2D eigenvalue weighted by atomic mass is 9.70. The maximum absolute atomic E-state index is 11.2. The van der Waals surface area contributed by atoms with Crippen molar-refractivity contribution in [2.75, 3.05) is 0 Å². The maximum Gasteiger partial charge on any atom is 0.223 e. The van der Waals surface area contributed by atoms with Crippen molar-refractivity contribution in [3.05, 3.63) is 0 Å². The molecule has 1 rings (SSSR count). The van der Waals surface area contributed by atoms with Gasteiger partial charge in [-0.25, -0.2) is 0 Å². The molecule has 0 aliphatic heterocycles. The molecule has 0 unspecified atom stereocenters. The predicted molar refractivity (Wildman–Crippen MR) is 48.4 cm³/mol. The number of nitrogens with two attached hydrogens (primary N) is 2. The minimum Gasteiger partial charge on any atom is -0.369 e. The second-order valence-electron chi connectivity index (χ2n) is 3.84. The Morgan fingerprint density at radius 3 is 2.33 bits per heavy atom. The third-order valence-electron chi connectivity index (χ3n) is 3.19. The van der Waals surface area contributed by atoms with Crippen LogP contribution in [0.25, 0.3) is 0 Å². The molecule has 0 radical (unpaired) electrons. The topological polar surface area (TPSA) is 69.1 Å². The number of hydrogen-bond donors (Lipinski definition) is 2. The van der Waals surface area contributed by atoms with E-state index >= 15 is 0 Å². The minimum atomic E-state index is -0.240. The van der Waals surface area contributed by atoms with E-state index < -0.39 is 0 Å². The lowest BCUT2D eigenvalue weighted by Crippen LogP contribution is -2.42. The van der Waals surface area contributed by atoms with Gasteiger partial charge in [0.2, 0.25) is 5.91 Å². The fraction of sp³-hybridized carbons (Fsp3) is 0.889. The van der Waals surface area contributed by atoms with E-state index in [9.17, 15) is 4.79 Å². The van der Waals surface area contributed by atoms with Crippen molar-refractivity contribution in [2.24, 2.45) is 16.9 Å². The van der Waals surface area contributed by atoms with Gasteiger partial charge in [-0.05, 0) is 32.1 Å². The molecule has 1 saturated carbocycles. The lowest BCUT2D eigenvalue weighted by Gasteiger charge is -2.35. The zero-order valence-corrected chi connectivity index (χ0v) is 7.68. The zero-order chi connectivity index (χ0) is 9.19. The van der Waals surface area contributed by atoms with Gasteiger partial charge in [0.15, 0.2) is 0 Å². The molecule has 0 atom stereocenters. The molecule has 0 spiro atoms. The summed E-state index contributed by atoms with van der Waals surface area (Å²) >= 11 is 0. The molecule has 0 saturated heterocycles. The van der Waals surface area contributed by atoms with Gasteiger partial charge in [-0.2, -0.15) is 0 Å². The molecular formula is C9H18N2O. The normalized spacial score (nSPS) is 36.3. The van der Waals surface area contributed by atoms with Crippen LogP contribution >= 0.6 is 0 Å². The quantitative estimate of drug-likeness (QED) is 0.642. The largest absolute Gasteiger partial charge is 0.369 e. The van der Waals surface area contributed by atoms with Crippen molar-refractivity contribution in [2.45, 2.75) is 45.1 Å². The monoisotopic (exact) mass is 170 g/mol. The van der Waals surface area contributed by atoms with Gasteiger partial charge in [0.05, 0.1) is 0 Å². The standard InChI is InChI=1S/C9H18N2O/c1-2-9(8(11)12)5-3-7(10)4-6-9/h7H,2-6,10H2,1H3,(H2,11,12). The number of carbonyl (C=O) groups excluding carboxylic acids is 1. The van der Waals surface area contributed by atoms with Crippen LogP contribution in [0.2, 0.25) is 0 Å². The summed E-state index contributed by atoms with van der Waals surface area (Å²) in [5.41, 5.74) is 10.9. The molecule has 0 aromatic rings. The second-order valence-corrected chi connectivity index (χ2v) is 3.84. The van der Waals surface area contributed by atoms with Crippen molar-refractivity contribution in [3.8, 4) is 0 Å². The first-order valence-electron chi connectivity index (χ1n) is 4.66. The Labute approximate surface area is 73.5 Å². The van der Waals surface area contributed by atoms with Gasteiger partial charge in [-0.1, -0.05) is 6.92 Å². The number of carbonyl (C=O) groups is 1. The Bertz CT molecular complexity index is 171. The average molecular weight is 170 g/mol. The number of rotatable bonds is 2. The second kappa shape index (κ2) is 3.44. The SMILES string of the molecule is CCC1(C(N)=O)CCC(N)CC1. The van der Waals surface area contributed by atoms with Gasteiger partial charge in [0, 0.05) is 11.5 Å². The number of primary amides is 1. The molecule has 0 aromatic heterocycles. The molecule has 70 valence electrons. The highest BCUT2D eigenvalue weighted by atomic mass is 16.1. The highest BCUT2D eigenvalue weighted by Crippen LogP contribution is 2.38. The summed E-state index contributed by atoms with van der Waals surface area (Å²) in [5, 5.41) is 0. The molecule has 12 heavy (non-hydrogen) atoms. The van der Waals surface area contributed by atoms with E-state index in [0.29, 0.717) is 0 Å². The Hall–Kier alpha value is -0.570. The summed E-state index contributed by atoms with van der Waals surface area (Å²) in [4.78, 5) is 11.2. The van der Waals surface area contributed by atoms with E-state index in [1.807, 2.05) is 6.92 Å². The van der Waals surface area contributed by atoms with Gasteiger partial charge in [0.1, 0.15) is 0 Å². The molecule has 4 N–H and O–H groups in total. The van der Waals surface area contributed by atoms with Crippen molar-refractivity contribution in [1.82, 2.24) is 0 Å². The fourth-order valence-corrected chi connectivity index (χ4v) is 1.97. The Balaban J connectivity index is 2.63. The minimum absolute atomic E-state index is 0.142. The van der Waals surface area contributed by atoms with Crippen molar-refractivity contribution >= 4 is 5.91 Å². The average Bonchev–Trinajstić information content (AvgIpc) is 2.06. The van der Waals surface area contributed by atoms with Gasteiger partial charge in [-0.3, -0.25) is 4.79 Å². The molecule has 1 aliphatic carbocycles. The predicted octanol–water partition coefficient (Wildman–Crippen LogP) is 0.769. The summed E-state index contributed by atoms with van der Waals surface area (Å²) in [5.74, 6) is -0.142. The van der Waals surface area contributed by atoms with Crippen LogP contribution in [0, 0.1) is 5.41 Å². The molecular weight excluding hydrogens is 152 g/mol. The molecule has 1 amide bonds. The summed E-state index contributed by atoms with van der Waals surface area (Å²) in [7, 11) is 0. The highest BCUT2D eigenvalue weighted by molar-refractivity contribution is 5.80. The van der Waals surface area contributed by atoms with E-state index in [0.717, 1.165) is 32.1 Å². The Kier molecular flexibility index (Phi) is 2.73. The summed E-state index contributed by atoms with van der Waals surface area (Å²) < 4.78 is 0. The van der Waals surface area contributed by atoms with Gasteiger partial charge in [0.25, 0.3) is 0 Å². The van der Waals surface area contributed by atoms with Crippen LogP contribution < -0.4 is 11.5 Å². The summed E-state index contributed by atoms with van der Waals surface area (Å²) in [6.45, 7) is 2.03. The molecule has 1 aliphatic rings. The van der Waals surface area contributed by atoms with E-state index in [1.165, 1.54) is 0 Å². The highest BCUT2D eigenvalue weighted by Gasteiger charge is 2.37. The first kappa shape index (κ1) is 9.52. The molecule has 0 heterocycles. The van der Waals surface area contributed by atoms with E-state index in [1.54, 1.807) is 0 Å². The Morgan fingerprint density at radius 1 is 1.50 bits per heavy atom. The third-order valence-corrected chi connectivity index (χ3v) is 3.19. The van der Waals surface area contributed by atoms with E-state index in [2.05, 4.69) is 0 Å². The first-order chi connectivity index (χ1) is 5.60. The summed E-state index contributed by atoms with van der Waals surface area (Å²) in [6, 6.07) is 0.282. The van der Waals surface area contributed by atoms with Gasteiger partial charge in [-0.15, -0.1) is 0 Å². The molecule has 0 aromatic carbocycles. The Morgan fingerprint density at radius 2 is 2.00 bits per heavy atom. The zero-order valence-electron chi connectivity index (χ0n) is 7.68. The van der Waals surface area contributed by atoms with Gasteiger partial charge >= 0.3 is 0 Å². The van der Waals surface area contributed by atoms with Crippen LogP contribution in [0.15, 0.2) is 0 Å². The van der Waals surface area contributed by atoms with Crippen molar-refractivity contribution in [3.63, 3.8) is 0 Å². The maximum atomic E-state index is 11.2. The van der Waals surface area contributed by atoms with Crippen molar-refractivity contribution < 1.29 is 4.79 Å². The van der Waals surface area contributed by atoms with Crippen LogP contribution in [0.5, 0.6) is 0 Å². The van der Waals surface area contributed by atoms with Crippen LogP contribution in [0.1, 0.15) is 39.0 Å². The fourth-order valence-electron chi connectivity index (χ4n) is 1.97. The molecule has 1 fully saturated rings. The number of hydrogen-bond acceptors (Lipinski definition) is 2. The van der Waals surface area contributed by atoms with Crippen molar-refractivity contribution in [1.29, 1.82) is 0 Å². The van der Waals surface area contributed by atoms with E-state index in [4.69, 9.17) is 11.5 Å². The molecule has 3 nitrogen and oxygen atoms in total. The van der Waals surface area contributed by atoms with Crippen LogP contribution in [0.3, 0.4) is 0 Å². The third kappa shape index (κ3) is 1.61. The van der Waals surface area contributed by atoms with E-state index in [-0.39, 0.29) is 17.4 Å². The van der Waals surface area contributed by atoms with Crippen LogP contribution in [-0.4, -0.2) is 11.9 Å². The molecule has 3 heteroatoms.